The lowest BCUT2D eigenvalue weighted by molar-refractivity contribution is -0.137. The van der Waals surface area contributed by atoms with Crippen molar-refractivity contribution in [2.75, 3.05) is 17.7 Å². The van der Waals surface area contributed by atoms with Gasteiger partial charge < -0.3 is 10.1 Å². The van der Waals surface area contributed by atoms with Crippen molar-refractivity contribution >= 4 is 35.2 Å². The van der Waals surface area contributed by atoms with Crippen LogP contribution in [0.15, 0.2) is 96.3 Å². The monoisotopic (exact) mass is 551 g/mol. The van der Waals surface area contributed by atoms with Gasteiger partial charge in [0.25, 0.3) is 0 Å². The van der Waals surface area contributed by atoms with Gasteiger partial charge >= 0.3 is 12.1 Å². The van der Waals surface area contributed by atoms with E-state index in [2.05, 4.69) is 15.3 Å². The van der Waals surface area contributed by atoms with E-state index in [0.29, 0.717) is 11.8 Å². The summed E-state index contributed by atoms with van der Waals surface area (Å²) in [6, 6.07) is 21.4. The van der Waals surface area contributed by atoms with Crippen LogP contribution in [0.4, 0.5) is 19.0 Å². The van der Waals surface area contributed by atoms with E-state index in [1.165, 1.54) is 18.3 Å². The first-order chi connectivity index (χ1) is 18.7. The second kappa shape index (κ2) is 12.4. The molecule has 0 saturated heterocycles. The summed E-state index contributed by atoms with van der Waals surface area (Å²) in [6.45, 7) is -0.484. The molecule has 1 amide bonds. The van der Waals surface area contributed by atoms with Crippen LogP contribution in [0.1, 0.15) is 26.3 Å². The fraction of sp³-hybridized carbons (Fsp3) is 0.107. The zero-order chi connectivity index (χ0) is 27.8. The first-order valence-corrected chi connectivity index (χ1v) is 12.5. The topological polar surface area (TPSA) is 98.3 Å². The third-order valence-corrected chi connectivity index (χ3v) is 6.34. The average molecular weight is 552 g/mol. The minimum Gasteiger partial charge on any atom is -0.454 e. The van der Waals surface area contributed by atoms with Crippen molar-refractivity contribution in [3.8, 4) is 11.1 Å². The number of carbonyl (C=O) groups is 3. The van der Waals surface area contributed by atoms with Crippen molar-refractivity contribution in [1.82, 2.24) is 9.97 Å². The molecule has 0 fully saturated rings. The second-order valence-corrected chi connectivity index (χ2v) is 9.03. The maximum Gasteiger partial charge on any atom is 0.417 e. The number of nitrogens with one attached hydrogen (secondary N) is 1. The van der Waals surface area contributed by atoms with Crippen LogP contribution in [0.2, 0.25) is 0 Å². The van der Waals surface area contributed by atoms with Crippen molar-refractivity contribution < 1.29 is 32.3 Å². The molecule has 0 atom stereocenters. The van der Waals surface area contributed by atoms with Gasteiger partial charge in [-0.3, -0.25) is 9.59 Å². The summed E-state index contributed by atoms with van der Waals surface area (Å²) >= 11 is 0.924. The van der Waals surface area contributed by atoms with Gasteiger partial charge in [-0.2, -0.15) is 13.2 Å². The van der Waals surface area contributed by atoms with E-state index in [9.17, 15) is 27.6 Å². The van der Waals surface area contributed by atoms with Crippen LogP contribution in [-0.2, 0) is 15.7 Å². The molecule has 0 radical (unpaired) electrons. The molecule has 2 aromatic carbocycles. The van der Waals surface area contributed by atoms with E-state index >= 15 is 0 Å². The highest BCUT2D eigenvalue weighted by Crippen LogP contribution is 2.29. The molecule has 0 aliphatic rings. The van der Waals surface area contributed by atoms with Crippen molar-refractivity contribution in [3.05, 3.63) is 108 Å². The standard InChI is InChI=1S/C28H20F3N3O4S/c29-28(30,31)21-12-13-24(33-15-21)34-25(36)17-39-26-22(7-4-14-32-26)27(37)38-16-23(35)20-10-8-19(9-11-20)18-5-2-1-3-6-18/h1-15H,16-17H2,(H,33,34,36). The van der Waals surface area contributed by atoms with E-state index < -0.39 is 30.2 Å². The Kier molecular flexibility index (Phi) is 8.72. The highest BCUT2D eigenvalue weighted by atomic mass is 32.2. The number of amides is 1. The Hall–Kier alpha value is -4.51. The summed E-state index contributed by atoms with van der Waals surface area (Å²) in [7, 11) is 0. The zero-order valence-electron chi connectivity index (χ0n) is 20.1. The number of aromatic nitrogens is 2. The van der Waals surface area contributed by atoms with Crippen LogP contribution in [0.25, 0.3) is 11.1 Å². The molecule has 1 N–H and O–H groups in total. The number of rotatable bonds is 9. The molecular weight excluding hydrogens is 531 g/mol. The quantitative estimate of drug-likeness (QED) is 0.156. The Morgan fingerprint density at radius 2 is 1.56 bits per heavy atom. The Balaban J connectivity index is 1.31. The molecule has 0 saturated carbocycles. The van der Waals surface area contributed by atoms with Gasteiger partial charge in [0.15, 0.2) is 12.4 Å². The van der Waals surface area contributed by atoms with Gasteiger partial charge in [-0.25, -0.2) is 14.8 Å². The molecule has 0 unspecified atom stereocenters. The van der Waals surface area contributed by atoms with Crippen LogP contribution in [-0.4, -0.2) is 40.0 Å². The smallest absolute Gasteiger partial charge is 0.417 e. The number of hydrogen-bond acceptors (Lipinski definition) is 7. The number of ketones is 1. The Morgan fingerprint density at radius 1 is 0.846 bits per heavy atom. The first kappa shape index (κ1) is 27.5. The highest BCUT2D eigenvalue weighted by molar-refractivity contribution is 8.00. The van der Waals surface area contributed by atoms with E-state index in [1.54, 1.807) is 12.1 Å². The van der Waals surface area contributed by atoms with E-state index in [4.69, 9.17) is 4.74 Å². The van der Waals surface area contributed by atoms with Gasteiger partial charge in [0.1, 0.15) is 10.8 Å². The number of benzene rings is 2. The molecule has 2 aromatic heterocycles. The molecule has 4 aromatic rings. The Morgan fingerprint density at radius 3 is 2.23 bits per heavy atom. The Labute approximate surface area is 225 Å². The van der Waals surface area contributed by atoms with Crippen molar-refractivity contribution in [3.63, 3.8) is 0 Å². The van der Waals surface area contributed by atoms with Gasteiger partial charge in [0.2, 0.25) is 5.91 Å². The van der Waals surface area contributed by atoms with Crippen molar-refractivity contribution in [2.24, 2.45) is 0 Å². The third kappa shape index (κ3) is 7.51. The summed E-state index contributed by atoms with van der Waals surface area (Å²) in [5, 5.41) is 2.58. The number of carbonyl (C=O) groups excluding carboxylic acids is 3. The lowest BCUT2D eigenvalue weighted by Gasteiger charge is -2.09. The summed E-state index contributed by atoms with van der Waals surface area (Å²) in [5.41, 5.74) is 1.47. The SMILES string of the molecule is O=C(CSc1ncccc1C(=O)OCC(=O)c1ccc(-c2ccccc2)cc1)Nc1ccc(C(F)(F)F)cn1. The lowest BCUT2D eigenvalue weighted by atomic mass is 10.0. The van der Waals surface area contributed by atoms with Gasteiger partial charge in [0, 0.05) is 18.0 Å². The number of anilines is 1. The summed E-state index contributed by atoms with van der Waals surface area (Å²) in [5.74, 6) is -1.99. The molecule has 0 aliphatic carbocycles. The number of alkyl halides is 3. The number of halogens is 3. The van der Waals surface area contributed by atoms with Crippen LogP contribution in [0, 0.1) is 0 Å². The lowest BCUT2D eigenvalue weighted by Crippen LogP contribution is -2.17. The van der Waals surface area contributed by atoms with Gasteiger partial charge in [-0.1, -0.05) is 66.4 Å². The first-order valence-electron chi connectivity index (χ1n) is 11.5. The number of nitrogens with zero attached hydrogens (tertiary/aromatic N) is 2. The summed E-state index contributed by atoms with van der Waals surface area (Å²) in [6.07, 6.45) is -2.49. The molecule has 2 heterocycles. The molecule has 11 heteroatoms. The van der Waals surface area contributed by atoms with Crippen LogP contribution in [0.3, 0.4) is 0 Å². The molecule has 0 spiro atoms. The zero-order valence-corrected chi connectivity index (χ0v) is 21.0. The second-order valence-electron chi connectivity index (χ2n) is 8.07. The van der Waals surface area contributed by atoms with Crippen molar-refractivity contribution in [2.45, 2.75) is 11.2 Å². The summed E-state index contributed by atoms with van der Waals surface area (Å²) < 4.78 is 43.2. The van der Waals surface area contributed by atoms with Crippen LogP contribution >= 0.6 is 11.8 Å². The van der Waals surface area contributed by atoms with E-state index in [0.717, 1.165) is 35.0 Å². The van der Waals surface area contributed by atoms with Gasteiger partial charge in [-0.05, 0) is 35.4 Å². The maximum absolute atomic E-state index is 12.7. The molecule has 7 nitrogen and oxygen atoms in total. The van der Waals surface area contributed by atoms with E-state index in [-0.39, 0.29) is 27.9 Å². The average Bonchev–Trinajstić information content (AvgIpc) is 2.95. The largest absolute Gasteiger partial charge is 0.454 e. The van der Waals surface area contributed by atoms with Crippen LogP contribution < -0.4 is 5.32 Å². The number of ether oxygens (including phenoxy) is 1. The van der Waals surface area contributed by atoms with Crippen LogP contribution in [0.5, 0.6) is 0 Å². The number of Topliss-reactive ketones (excluding diaryl/α,β-unsaturated/α-hetero) is 1. The number of hydrogen-bond donors (Lipinski definition) is 1. The normalized spacial score (nSPS) is 11.1. The fourth-order valence-corrected chi connectivity index (χ4v) is 4.16. The minimum absolute atomic E-state index is 0.0513. The van der Waals surface area contributed by atoms with Gasteiger partial charge in [-0.15, -0.1) is 0 Å². The predicted octanol–water partition coefficient (Wildman–Crippen LogP) is 5.93. The molecule has 198 valence electrons. The number of pyridine rings is 2. The molecule has 0 bridgehead atoms. The molecular formula is C28H20F3N3O4S. The van der Waals surface area contributed by atoms with Gasteiger partial charge in [0.05, 0.1) is 16.9 Å². The Bertz CT molecular complexity index is 1460. The third-order valence-electron chi connectivity index (χ3n) is 5.34. The molecule has 4 rings (SSSR count). The summed E-state index contributed by atoms with van der Waals surface area (Å²) in [4.78, 5) is 45.2. The fourth-order valence-electron chi connectivity index (χ4n) is 3.38. The predicted molar refractivity (Wildman–Crippen MR) is 139 cm³/mol. The minimum atomic E-state index is -4.53. The molecule has 0 aliphatic heterocycles. The molecule has 39 heavy (non-hydrogen) atoms. The van der Waals surface area contributed by atoms with E-state index in [1.807, 2.05) is 42.5 Å². The van der Waals surface area contributed by atoms with Crippen molar-refractivity contribution in [1.29, 1.82) is 0 Å². The number of esters is 1. The highest BCUT2D eigenvalue weighted by Gasteiger charge is 2.30. The maximum atomic E-state index is 12.7. The number of thioether (sulfide) groups is 1.